The fourth-order valence-corrected chi connectivity index (χ4v) is 2.14. The van der Waals surface area contributed by atoms with Gasteiger partial charge in [0.05, 0.1) is 0 Å². The van der Waals surface area contributed by atoms with Gasteiger partial charge in [-0.3, -0.25) is 0 Å². The third-order valence-corrected chi connectivity index (χ3v) is 3.05. The molecule has 2 aromatic carbocycles. The Morgan fingerprint density at radius 3 is 2.60 bits per heavy atom. The van der Waals surface area contributed by atoms with Crippen LogP contribution in [-0.2, 0) is 0 Å². The van der Waals surface area contributed by atoms with E-state index in [1.807, 2.05) is 55.5 Å². The minimum atomic E-state index is 0.296. The van der Waals surface area contributed by atoms with Gasteiger partial charge in [0.25, 0.3) is 0 Å². The van der Waals surface area contributed by atoms with Crippen molar-refractivity contribution in [1.29, 1.82) is 0 Å². The highest BCUT2D eigenvalue weighted by Gasteiger charge is 2.05. The van der Waals surface area contributed by atoms with E-state index in [1.54, 1.807) is 12.1 Å². The summed E-state index contributed by atoms with van der Waals surface area (Å²) in [6.45, 7) is 5.74. The number of allylic oxidation sites excluding steroid dienone is 5. The minimum absolute atomic E-state index is 0.296. The fourth-order valence-electron chi connectivity index (χ4n) is 2.14. The molecule has 0 bridgehead atoms. The van der Waals surface area contributed by atoms with Crippen LogP contribution < -0.4 is 0 Å². The molecule has 0 spiro atoms. The quantitative estimate of drug-likeness (QED) is 0.750. The molecule has 0 fully saturated rings. The molecule has 0 aliphatic carbocycles. The van der Waals surface area contributed by atoms with Crippen molar-refractivity contribution in [2.75, 3.05) is 0 Å². The van der Waals surface area contributed by atoms with E-state index in [0.717, 1.165) is 22.3 Å². The first-order chi connectivity index (χ1) is 9.76. The highest BCUT2D eigenvalue weighted by molar-refractivity contribution is 5.79. The highest BCUT2D eigenvalue weighted by atomic mass is 16.3. The van der Waals surface area contributed by atoms with Crippen LogP contribution in [0.15, 0.2) is 79.4 Å². The second kappa shape index (κ2) is 6.58. The number of phenols is 1. The molecule has 100 valence electrons. The zero-order chi connectivity index (χ0) is 14.4. The molecule has 1 nitrogen and oxygen atoms in total. The van der Waals surface area contributed by atoms with Crippen molar-refractivity contribution in [1.82, 2.24) is 0 Å². The Kier molecular flexibility index (Phi) is 4.56. The van der Waals surface area contributed by atoms with Gasteiger partial charge in [0.15, 0.2) is 0 Å². The Bertz CT molecular complexity index is 663. The van der Waals surface area contributed by atoms with Crippen LogP contribution in [0.25, 0.3) is 16.7 Å². The van der Waals surface area contributed by atoms with Crippen molar-refractivity contribution < 1.29 is 5.11 Å². The van der Waals surface area contributed by atoms with E-state index < -0.39 is 0 Å². The standard InChI is InChI=1S/C19H18O/c1-3-8-15(9-4-2)16-10-7-11-17(14-16)18-12-5-6-13-19(18)20/h3-14,20H,1H2,2H3/b9-4-,15-8+. The molecule has 0 aliphatic rings. The largest absolute Gasteiger partial charge is 0.507 e. The topological polar surface area (TPSA) is 20.2 Å². The van der Waals surface area contributed by atoms with Gasteiger partial charge in [-0.2, -0.15) is 0 Å². The zero-order valence-corrected chi connectivity index (χ0v) is 11.6. The molecule has 0 saturated carbocycles. The van der Waals surface area contributed by atoms with E-state index in [1.165, 1.54) is 0 Å². The molecule has 0 radical (unpaired) electrons. The van der Waals surface area contributed by atoms with Gasteiger partial charge >= 0.3 is 0 Å². The summed E-state index contributed by atoms with van der Waals surface area (Å²) in [5, 5.41) is 9.96. The number of hydrogen-bond acceptors (Lipinski definition) is 1. The van der Waals surface area contributed by atoms with Crippen molar-refractivity contribution in [3.8, 4) is 16.9 Å². The van der Waals surface area contributed by atoms with Crippen LogP contribution in [0.2, 0.25) is 0 Å². The number of benzene rings is 2. The van der Waals surface area contributed by atoms with Crippen molar-refractivity contribution in [2.24, 2.45) is 0 Å². The summed E-state index contributed by atoms with van der Waals surface area (Å²) in [6.07, 6.45) is 7.81. The molecule has 0 aliphatic heterocycles. The Labute approximate surface area is 120 Å². The number of hydrogen-bond donors (Lipinski definition) is 1. The molecule has 20 heavy (non-hydrogen) atoms. The molecule has 0 aromatic heterocycles. The number of phenolic OH excluding ortho intramolecular Hbond substituents is 1. The Morgan fingerprint density at radius 1 is 1.10 bits per heavy atom. The normalized spacial score (nSPS) is 11.8. The fraction of sp³-hybridized carbons (Fsp3) is 0.0526. The Hall–Kier alpha value is -2.54. The number of rotatable bonds is 4. The van der Waals surface area contributed by atoms with Crippen LogP contribution in [0.5, 0.6) is 5.75 Å². The van der Waals surface area contributed by atoms with E-state index in [9.17, 15) is 5.11 Å². The lowest BCUT2D eigenvalue weighted by molar-refractivity contribution is 0.477. The van der Waals surface area contributed by atoms with Crippen molar-refractivity contribution >= 4 is 5.57 Å². The molecule has 0 atom stereocenters. The predicted molar refractivity (Wildman–Crippen MR) is 86.5 cm³/mol. The van der Waals surface area contributed by atoms with Crippen molar-refractivity contribution in [3.05, 3.63) is 85.0 Å². The average Bonchev–Trinajstić information content (AvgIpc) is 2.48. The highest BCUT2D eigenvalue weighted by Crippen LogP contribution is 2.30. The third-order valence-electron chi connectivity index (χ3n) is 3.05. The summed E-state index contributed by atoms with van der Waals surface area (Å²) in [5.41, 5.74) is 4.04. The lowest BCUT2D eigenvalue weighted by Crippen LogP contribution is -1.84. The van der Waals surface area contributed by atoms with Crippen LogP contribution in [0.3, 0.4) is 0 Å². The summed E-state index contributed by atoms with van der Waals surface area (Å²) >= 11 is 0. The molecular formula is C19H18O. The van der Waals surface area contributed by atoms with E-state index >= 15 is 0 Å². The third kappa shape index (κ3) is 3.07. The lowest BCUT2D eigenvalue weighted by atomic mass is 9.98. The van der Waals surface area contributed by atoms with E-state index in [2.05, 4.69) is 18.7 Å². The maximum Gasteiger partial charge on any atom is 0.123 e. The van der Waals surface area contributed by atoms with Gasteiger partial charge in [-0.05, 0) is 35.8 Å². The molecule has 1 N–H and O–H groups in total. The first-order valence-electron chi connectivity index (χ1n) is 6.60. The summed E-state index contributed by atoms with van der Waals surface area (Å²) in [7, 11) is 0. The van der Waals surface area contributed by atoms with Crippen LogP contribution in [-0.4, -0.2) is 5.11 Å². The van der Waals surface area contributed by atoms with Gasteiger partial charge in [0, 0.05) is 5.56 Å². The summed E-state index contributed by atoms with van der Waals surface area (Å²) < 4.78 is 0. The summed E-state index contributed by atoms with van der Waals surface area (Å²) in [5.74, 6) is 0.296. The molecule has 0 saturated heterocycles. The van der Waals surface area contributed by atoms with Gasteiger partial charge in [-0.1, -0.05) is 67.3 Å². The van der Waals surface area contributed by atoms with Gasteiger partial charge < -0.3 is 5.11 Å². The molecule has 0 amide bonds. The molecule has 2 aromatic rings. The SMILES string of the molecule is C=C/C=C(\C=C/C)c1cccc(-c2ccccc2O)c1. The van der Waals surface area contributed by atoms with Gasteiger partial charge in [0.1, 0.15) is 5.75 Å². The molecule has 0 heterocycles. The smallest absolute Gasteiger partial charge is 0.123 e. The molecular weight excluding hydrogens is 244 g/mol. The first-order valence-corrected chi connectivity index (χ1v) is 6.60. The minimum Gasteiger partial charge on any atom is -0.507 e. The monoisotopic (exact) mass is 262 g/mol. The zero-order valence-electron chi connectivity index (χ0n) is 11.6. The van der Waals surface area contributed by atoms with E-state index in [0.29, 0.717) is 5.75 Å². The van der Waals surface area contributed by atoms with Crippen LogP contribution in [0.1, 0.15) is 12.5 Å². The number of para-hydroxylation sites is 1. The second-order valence-electron chi connectivity index (χ2n) is 4.46. The van der Waals surface area contributed by atoms with Gasteiger partial charge in [-0.15, -0.1) is 0 Å². The molecule has 0 unspecified atom stereocenters. The number of aromatic hydroxyl groups is 1. The maximum absolute atomic E-state index is 9.96. The van der Waals surface area contributed by atoms with E-state index in [-0.39, 0.29) is 0 Å². The lowest BCUT2D eigenvalue weighted by Gasteiger charge is -2.08. The molecule has 2 rings (SSSR count). The van der Waals surface area contributed by atoms with Crippen LogP contribution >= 0.6 is 0 Å². The van der Waals surface area contributed by atoms with Crippen molar-refractivity contribution in [3.63, 3.8) is 0 Å². The van der Waals surface area contributed by atoms with Gasteiger partial charge in [-0.25, -0.2) is 0 Å². The predicted octanol–water partition coefficient (Wildman–Crippen LogP) is 5.20. The van der Waals surface area contributed by atoms with E-state index in [4.69, 9.17) is 0 Å². The van der Waals surface area contributed by atoms with Crippen molar-refractivity contribution in [2.45, 2.75) is 6.92 Å². The summed E-state index contributed by atoms with van der Waals surface area (Å²) in [6, 6.07) is 15.5. The second-order valence-corrected chi connectivity index (χ2v) is 4.46. The Morgan fingerprint density at radius 2 is 1.90 bits per heavy atom. The van der Waals surface area contributed by atoms with Crippen LogP contribution in [0.4, 0.5) is 0 Å². The maximum atomic E-state index is 9.96. The van der Waals surface area contributed by atoms with Gasteiger partial charge in [0.2, 0.25) is 0 Å². The Balaban J connectivity index is 2.50. The molecule has 1 heteroatoms. The average molecular weight is 262 g/mol. The first kappa shape index (κ1) is 13.9. The van der Waals surface area contributed by atoms with Crippen LogP contribution in [0, 0.1) is 0 Å². The summed E-state index contributed by atoms with van der Waals surface area (Å²) in [4.78, 5) is 0.